The summed E-state index contributed by atoms with van der Waals surface area (Å²) < 4.78 is 59.9. The first-order valence-corrected chi connectivity index (χ1v) is 12.2. The summed E-state index contributed by atoms with van der Waals surface area (Å²) in [7, 11) is -6.52. The Balaban J connectivity index is 2.20. The molecule has 0 saturated carbocycles. The average molecular weight is 491 g/mol. The van der Waals surface area contributed by atoms with Crippen molar-refractivity contribution in [3.8, 4) is 23.6 Å². The maximum Gasteiger partial charge on any atom is 0.252 e. The van der Waals surface area contributed by atoms with Gasteiger partial charge in [0.15, 0.2) is 5.08 Å². The van der Waals surface area contributed by atoms with Crippen LogP contribution >= 0.6 is 0 Å². The Kier molecular flexibility index (Phi) is 8.33. The second kappa shape index (κ2) is 10.9. The Labute approximate surface area is 190 Å². The summed E-state index contributed by atoms with van der Waals surface area (Å²) in [5.41, 5.74) is 5.36. The van der Waals surface area contributed by atoms with Crippen molar-refractivity contribution in [2.45, 2.75) is 0 Å². The van der Waals surface area contributed by atoms with E-state index in [1.54, 1.807) is 24.3 Å². The van der Waals surface area contributed by atoms with Crippen molar-refractivity contribution in [3.63, 3.8) is 0 Å². The molecule has 0 aliphatic rings. The van der Waals surface area contributed by atoms with Gasteiger partial charge >= 0.3 is 0 Å². The summed E-state index contributed by atoms with van der Waals surface area (Å²) in [6.07, 6.45) is 0. The normalized spacial score (nSPS) is 12.2. The van der Waals surface area contributed by atoms with Crippen molar-refractivity contribution in [1.82, 2.24) is 0 Å². The van der Waals surface area contributed by atoms with Crippen LogP contribution in [-0.2, 0) is 19.7 Å². The first kappa shape index (κ1) is 25.1. The Morgan fingerprint density at radius 3 is 1.36 bits per heavy atom. The quantitative estimate of drug-likeness (QED) is 0.313. The number of methoxy groups -OCH3 is 2. The van der Waals surface area contributed by atoms with E-state index >= 15 is 0 Å². The molecule has 2 N–H and O–H groups in total. The lowest BCUT2D eigenvalue weighted by Crippen LogP contribution is -2.28. The number of sulfone groups is 2. The molecule has 0 aliphatic heterocycles. The number of nitrogens with zero attached hydrogens (tertiary/aromatic N) is 4. The van der Waals surface area contributed by atoms with Crippen LogP contribution in [0.2, 0.25) is 0 Å². The second-order valence-corrected chi connectivity index (χ2v) is 10.3. The van der Waals surface area contributed by atoms with Gasteiger partial charge in [0.1, 0.15) is 23.6 Å². The van der Waals surface area contributed by atoms with Crippen molar-refractivity contribution in [2.75, 3.05) is 30.2 Å². The van der Waals surface area contributed by atoms with Crippen molar-refractivity contribution in [2.24, 2.45) is 10.2 Å². The molecule has 2 rings (SSSR count). The first-order chi connectivity index (χ1) is 15.6. The minimum atomic E-state index is -4.72. The lowest BCUT2D eigenvalue weighted by atomic mass is 10.3. The van der Waals surface area contributed by atoms with Crippen LogP contribution in [0, 0.1) is 22.7 Å². The molecule has 0 atom stereocenters. The van der Waals surface area contributed by atoms with E-state index in [1.807, 2.05) is 0 Å². The highest BCUT2D eigenvalue weighted by Gasteiger charge is 2.32. The van der Waals surface area contributed by atoms with E-state index in [0.717, 1.165) is 0 Å². The Morgan fingerprint density at radius 2 is 1.09 bits per heavy atom. The zero-order valence-electron chi connectivity index (χ0n) is 17.4. The van der Waals surface area contributed by atoms with Gasteiger partial charge in [0, 0.05) is 0 Å². The topological polar surface area (TPSA) is 183 Å². The maximum absolute atomic E-state index is 12.5. The molecule has 2 aromatic carbocycles. The van der Waals surface area contributed by atoms with Crippen LogP contribution in [0.25, 0.3) is 0 Å². The zero-order chi connectivity index (χ0) is 24.5. The lowest BCUT2D eigenvalue weighted by molar-refractivity contribution is 0.415. The average Bonchev–Trinajstić information content (AvgIpc) is 2.79. The lowest BCUT2D eigenvalue weighted by Gasteiger charge is -2.06. The number of hydrogen-bond donors (Lipinski definition) is 2. The van der Waals surface area contributed by atoms with Gasteiger partial charge in [-0.3, -0.25) is 10.9 Å². The van der Waals surface area contributed by atoms with Crippen molar-refractivity contribution >= 4 is 41.1 Å². The molecule has 0 radical (unpaired) electrons. The standard InChI is InChI=1S/C19H18N6O6S2/c1-30-16-7-3-14(4-8-16)22-24-18(11-20)32(26,27)13-33(28,29)19(12-21)25-23-15-5-9-17(31-2)10-6-15/h3-10,22-23H,13H2,1-2H3/b24-18+,25-19+. The van der Waals surface area contributed by atoms with Gasteiger partial charge in [-0.1, -0.05) is 0 Å². The SMILES string of the molecule is COc1ccc(N/N=C(\C#N)S(=O)(=O)CS(=O)(=O)/C(C#N)=N/Nc2ccc(OC)cc2)cc1. The summed E-state index contributed by atoms with van der Waals surface area (Å²) in [6, 6.07) is 15.0. The summed E-state index contributed by atoms with van der Waals surface area (Å²) in [4.78, 5) is 0. The molecule has 0 amide bonds. The predicted octanol–water partition coefficient (Wildman–Crippen LogP) is 1.69. The highest BCUT2D eigenvalue weighted by Crippen LogP contribution is 2.16. The summed E-state index contributed by atoms with van der Waals surface area (Å²) in [5, 5.41) is 21.6. The maximum atomic E-state index is 12.5. The molecule has 0 aromatic heterocycles. The minimum Gasteiger partial charge on any atom is -0.497 e. The Hall–Kier alpha value is -4.14. The third kappa shape index (κ3) is 6.93. The van der Waals surface area contributed by atoms with Gasteiger partial charge in [0.2, 0.25) is 19.7 Å². The van der Waals surface area contributed by atoms with Crippen LogP contribution in [0.5, 0.6) is 11.5 Å². The largest absolute Gasteiger partial charge is 0.497 e. The highest BCUT2D eigenvalue weighted by atomic mass is 32.3. The predicted molar refractivity (Wildman–Crippen MR) is 122 cm³/mol. The Bertz CT molecular complexity index is 1230. The van der Waals surface area contributed by atoms with Gasteiger partial charge in [-0.15, -0.1) is 0 Å². The van der Waals surface area contributed by atoms with Gasteiger partial charge in [-0.25, -0.2) is 16.8 Å². The number of hydrazone groups is 2. The summed E-state index contributed by atoms with van der Waals surface area (Å²) >= 11 is 0. The molecular formula is C19H18N6O6S2. The Morgan fingerprint density at radius 1 is 0.758 bits per heavy atom. The molecular weight excluding hydrogens is 472 g/mol. The van der Waals surface area contributed by atoms with Gasteiger partial charge in [0.05, 0.1) is 25.6 Å². The molecule has 0 spiro atoms. The van der Waals surface area contributed by atoms with E-state index in [1.165, 1.54) is 50.6 Å². The van der Waals surface area contributed by atoms with Gasteiger partial charge in [0.25, 0.3) is 10.1 Å². The number of nitrogens with one attached hydrogen (secondary N) is 2. The van der Waals surface area contributed by atoms with Crippen LogP contribution in [0.3, 0.4) is 0 Å². The van der Waals surface area contributed by atoms with E-state index < -0.39 is 34.8 Å². The molecule has 33 heavy (non-hydrogen) atoms. The molecule has 0 unspecified atom stereocenters. The fraction of sp³-hybridized carbons (Fsp3) is 0.158. The summed E-state index contributed by atoms with van der Waals surface area (Å²) in [6.45, 7) is 0. The molecule has 0 heterocycles. The third-order valence-electron chi connectivity index (χ3n) is 3.84. The number of ether oxygens (including phenoxy) is 2. The zero-order valence-corrected chi connectivity index (χ0v) is 19.0. The molecule has 0 saturated heterocycles. The fourth-order valence-electron chi connectivity index (χ4n) is 2.21. The van der Waals surface area contributed by atoms with E-state index in [-0.39, 0.29) is 0 Å². The molecule has 12 nitrogen and oxygen atoms in total. The van der Waals surface area contributed by atoms with E-state index in [0.29, 0.717) is 22.9 Å². The number of hydrogen-bond acceptors (Lipinski definition) is 12. The van der Waals surface area contributed by atoms with Gasteiger partial charge in [-0.2, -0.15) is 20.7 Å². The van der Waals surface area contributed by atoms with Crippen LogP contribution in [-0.4, -0.2) is 46.2 Å². The van der Waals surface area contributed by atoms with E-state index in [9.17, 15) is 27.4 Å². The van der Waals surface area contributed by atoms with Crippen LogP contribution < -0.4 is 20.3 Å². The monoisotopic (exact) mass is 490 g/mol. The van der Waals surface area contributed by atoms with Crippen LogP contribution in [0.4, 0.5) is 11.4 Å². The van der Waals surface area contributed by atoms with Crippen LogP contribution in [0.1, 0.15) is 0 Å². The summed E-state index contributed by atoms with van der Waals surface area (Å²) in [5.74, 6) is 1.07. The first-order valence-electron chi connectivity index (χ1n) is 8.86. The van der Waals surface area contributed by atoms with Gasteiger partial charge < -0.3 is 9.47 Å². The van der Waals surface area contributed by atoms with E-state index in [4.69, 9.17) is 9.47 Å². The number of rotatable bonds is 8. The number of benzene rings is 2. The molecule has 172 valence electrons. The molecule has 14 heteroatoms. The highest BCUT2D eigenvalue weighted by molar-refractivity contribution is 8.22. The fourth-order valence-corrected chi connectivity index (χ4v) is 5.38. The van der Waals surface area contributed by atoms with Crippen LogP contribution in [0.15, 0.2) is 58.7 Å². The number of nitriles is 2. The molecule has 2 aromatic rings. The van der Waals surface area contributed by atoms with Crippen molar-refractivity contribution < 1.29 is 26.3 Å². The van der Waals surface area contributed by atoms with Crippen molar-refractivity contribution in [3.05, 3.63) is 48.5 Å². The third-order valence-corrected chi connectivity index (χ3v) is 7.87. The number of anilines is 2. The molecule has 0 fully saturated rings. The minimum absolute atomic E-state index is 0.324. The van der Waals surface area contributed by atoms with E-state index in [2.05, 4.69) is 21.1 Å². The van der Waals surface area contributed by atoms with Gasteiger partial charge in [-0.05, 0) is 48.5 Å². The van der Waals surface area contributed by atoms with Crippen molar-refractivity contribution in [1.29, 1.82) is 10.5 Å². The second-order valence-electron chi connectivity index (χ2n) is 6.09. The molecule has 0 aliphatic carbocycles. The molecule has 0 bridgehead atoms. The smallest absolute Gasteiger partial charge is 0.252 e.